The van der Waals surface area contributed by atoms with Gasteiger partial charge in [0.25, 0.3) is 0 Å². The average molecular weight is 206 g/mol. The van der Waals surface area contributed by atoms with Gasteiger partial charge in [-0.25, -0.2) is 4.79 Å². The maximum absolute atomic E-state index is 10.8. The van der Waals surface area contributed by atoms with Gasteiger partial charge in [0.05, 0.1) is 19.8 Å². The zero-order valence-electron chi connectivity index (χ0n) is 8.40. The fraction of sp³-hybridized carbons (Fsp3) is 0.182. The fourth-order valence-corrected chi connectivity index (χ4v) is 0.963. The molecule has 4 nitrogen and oxygen atoms in total. The van der Waals surface area contributed by atoms with Crippen LogP contribution >= 0.6 is 0 Å². The number of benzene rings is 1. The molecule has 1 N–H and O–H groups in total. The van der Waals surface area contributed by atoms with Crippen molar-refractivity contribution in [1.82, 2.24) is 0 Å². The van der Waals surface area contributed by atoms with Crippen molar-refractivity contribution >= 4 is 5.97 Å². The molecule has 0 unspecified atom stereocenters. The number of aromatic hydroxyl groups is 1. The molecule has 15 heavy (non-hydrogen) atoms. The normalized spacial score (nSPS) is 8.67. The molecule has 0 atom stereocenters. The van der Waals surface area contributed by atoms with E-state index in [2.05, 4.69) is 16.6 Å². The van der Waals surface area contributed by atoms with Crippen molar-refractivity contribution in [3.63, 3.8) is 0 Å². The van der Waals surface area contributed by atoms with E-state index in [9.17, 15) is 9.90 Å². The van der Waals surface area contributed by atoms with E-state index in [1.165, 1.54) is 26.4 Å². The summed E-state index contributed by atoms with van der Waals surface area (Å²) >= 11 is 0. The van der Waals surface area contributed by atoms with Crippen LogP contribution in [0.5, 0.6) is 11.5 Å². The number of carbonyl (C=O) groups is 1. The van der Waals surface area contributed by atoms with Gasteiger partial charge in [0.2, 0.25) is 0 Å². The molecule has 0 aliphatic heterocycles. The van der Waals surface area contributed by atoms with Crippen LogP contribution in [0.1, 0.15) is 5.56 Å². The number of ether oxygens (including phenoxy) is 2. The molecule has 0 aromatic heterocycles. The van der Waals surface area contributed by atoms with Crippen molar-refractivity contribution < 1.29 is 19.4 Å². The molecule has 0 heterocycles. The van der Waals surface area contributed by atoms with E-state index in [0.717, 1.165) is 0 Å². The van der Waals surface area contributed by atoms with E-state index < -0.39 is 5.97 Å². The standard InChI is InChI=1S/C11H10O4/c1-14-10-5-4-9(12)7-8(10)3-6-11(13)15-2/h4-5,7,12H,1-2H3. The van der Waals surface area contributed by atoms with Crippen LogP contribution in [-0.2, 0) is 9.53 Å². The molecule has 1 aromatic carbocycles. The van der Waals surface area contributed by atoms with Gasteiger partial charge in [-0.15, -0.1) is 0 Å². The molecule has 1 aromatic rings. The molecule has 1 rings (SSSR count). The number of methoxy groups -OCH3 is 2. The molecule has 0 aliphatic rings. The minimum atomic E-state index is -0.639. The Kier molecular flexibility index (Phi) is 3.58. The Balaban J connectivity index is 3.05. The highest BCUT2D eigenvalue weighted by atomic mass is 16.5. The highest BCUT2D eigenvalue weighted by molar-refractivity contribution is 5.89. The number of hydrogen-bond acceptors (Lipinski definition) is 4. The summed E-state index contributed by atoms with van der Waals surface area (Å²) in [5.74, 6) is 4.71. The molecule has 0 amide bonds. The van der Waals surface area contributed by atoms with Crippen LogP contribution in [0.4, 0.5) is 0 Å². The van der Waals surface area contributed by atoms with E-state index in [0.29, 0.717) is 11.3 Å². The predicted molar refractivity (Wildman–Crippen MR) is 53.6 cm³/mol. The summed E-state index contributed by atoms with van der Waals surface area (Å²) in [6, 6.07) is 4.45. The van der Waals surface area contributed by atoms with Gasteiger partial charge < -0.3 is 14.6 Å². The maximum Gasteiger partial charge on any atom is 0.384 e. The number of esters is 1. The zero-order chi connectivity index (χ0) is 11.3. The first-order valence-electron chi connectivity index (χ1n) is 4.14. The van der Waals surface area contributed by atoms with Crippen molar-refractivity contribution in [3.05, 3.63) is 23.8 Å². The molecular weight excluding hydrogens is 196 g/mol. The number of phenols is 1. The monoisotopic (exact) mass is 206 g/mol. The van der Waals surface area contributed by atoms with Crippen LogP contribution in [-0.4, -0.2) is 25.3 Å². The summed E-state index contributed by atoms with van der Waals surface area (Å²) in [6.45, 7) is 0. The lowest BCUT2D eigenvalue weighted by molar-refractivity contribution is -0.133. The van der Waals surface area contributed by atoms with Gasteiger partial charge in [0.1, 0.15) is 11.5 Å². The first-order valence-corrected chi connectivity index (χ1v) is 4.14. The van der Waals surface area contributed by atoms with Crippen molar-refractivity contribution in [1.29, 1.82) is 0 Å². The lowest BCUT2D eigenvalue weighted by Gasteiger charge is -2.02. The fourth-order valence-electron chi connectivity index (χ4n) is 0.963. The third-order valence-electron chi connectivity index (χ3n) is 1.67. The highest BCUT2D eigenvalue weighted by Crippen LogP contribution is 2.21. The smallest absolute Gasteiger partial charge is 0.384 e. The van der Waals surface area contributed by atoms with Gasteiger partial charge in [-0.3, -0.25) is 0 Å². The van der Waals surface area contributed by atoms with Gasteiger partial charge in [-0.2, -0.15) is 0 Å². The van der Waals surface area contributed by atoms with Crippen molar-refractivity contribution in [3.8, 4) is 23.3 Å². The largest absolute Gasteiger partial charge is 0.508 e. The van der Waals surface area contributed by atoms with Crippen molar-refractivity contribution in [2.45, 2.75) is 0 Å². The van der Waals surface area contributed by atoms with Gasteiger partial charge in [-0.1, -0.05) is 5.92 Å². The molecule has 0 saturated carbocycles. The SMILES string of the molecule is COC(=O)C#Cc1cc(O)ccc1OC. The number of rotatable bonds is 1. The molecule has 0 fully saturated rings. The molecule has 0 aliphatic carbocycles. The third-order valence-corrected chi connectivity index (χ3v) is 1.67. The molecular formula is C11H10O4. The van der Waals surface area contributed by atoms with E-state index in [4.69, 9.17) is 4.74 Å². The topological polar surface area (TPSA) is 55.8 Å². The van der Waals surface area contributed by atoms with Crippen LogP contribution in [0.25, 0.3) is 0 Å². The second-order valence-corrected chi connectivity index (χ2v) is 2.63. The molecule has 0 radical (unpaired) electrons. The number of carbonyl (C=O) groups excluding carboxylic acids is 1. The average Bonchev–Trinajstić information content (AvgIpc) is 2.26. The molecule has 4 heteroatoms. The van der Waals surface area contributed by atoms with Crippen molar-refractivity contribution in [2.75, 3.05) is 14.2 Å². The molecule has 0 saturated heterocycles. The minimum Gasteiger partial charge on any atom is -0.508 e. The first kappa shape index (κ1) is 10.9. The lowest BCUT2D eigenvalue weighted by atomic mass is 10.2. The highest BCUT2D eigenvalue weighted by Gasteiger charge is 2.01. The Hall–Kier alpha value is -2.15. The van der Waals surface area contributed by atoms with Gasteiger partial charge >= 0.3 is 5.97 Å². The lowest BCUT2D eigenvalue weighted by Crippen LogP contribution is -1.95. The summed E-state index contributed by atoms with van der Waals surface area (Å²) in [5.41, 5.74) is 0.433. The Bertz CT molecular complexity index is 426. The van der Waals surface area contributed by atoms with Crippen LogP contribution in [0, 0.1) is 11.8 Å². The van der Waals surface area contributed by atoms with E-state index in [1.54, 1.807) is 6.07 Å². The Morgan fingerprint density at radius 3 is 2.73 bits per heavy atom. The van der Waals surface area contributed by atoms with Gasteiger partial charge in [-0.05, 0) is 18.2 Å². The van der Waals surface area contributed by atoms with Crippen LogP contribution < -0.4 is 4.74 Å². The van der Waals surface area contributed by atoms with Crippen LogP contribution in [0.3, 0.4) is 0 Å². The Morgan fingerprint density at radius 1 is 1.40 bits per heavy atom. The second-order valence-electron chi connectivity index (χ2n) is 2.63. The number of phenolic OH excluding ortho intramolecular Hbond substituents is 1. The minimum absolute atomic E-state index is 0.0602. The second kappa shape index (κ2) is 4.91. The summed E-state index contributed by atoms with van der Waals surface area (Å²) in [4.78, 5) is 10.8. The van der Waals surface area contributed by atoms with Gasteiger partial charge in [0, 0.05) is 5.92 Å². The summed E-state index contributed by atoms with van der Waals surface area (Å²) in [5, 5.41) is 9.22. The Morgan fingerprint density at radius 2 is 2.13 bits per heavy atom. The number of hydrogen-bond donors (Lipinski definition) is 1. The molecule has 0 spiro atoms. The third kappa shape index (κ3) is 2.92. The van der Waals surface area contributed by atoms with Crippen LogP contribution in [0.15, 0.2) is 18.2 Å². The molecule has 78 valence electrons. The van der Waals surface area contributed by atoms with E-state index in [-0.39, 0.29) is 5.75 Å². The van der Waals surface area contributed by atoms with Crippen LogP contribution in [0.2, 0.25) is 0 Å². The maximum atomic E-state index is 10.8. The van der Waals surface area contributed by atoms with Crippen molar-refractivity contribution in [2.24, 2.45) is 0 Å². The van der Waals surface area contributed by atoms with E-state index in [1.807, 2.05) is 0 Å². The summed E-state index contributed by atoms with van der Waals surface area (Å²) < 4.78 is 9.36. The Labute approximate surface area is 87.4 Å². The van der Waals surface area contributed by atoms with E-state index >= 15 is 0 Å². The quantitative estimate of drug-likeness (QED) is 0.548. The first-order chi connectivity index (χ1) is 7.17. The predicted octanol–water partition coefficient (Wildman–Crippen LogP) is 0.925. The molecule has 0 bridgehead atoms. The summed E-state index contributed by atoms with van der Waals surface area (Å²) in [7, 11) is 2.73. The summed E-state index contributed by atoms with van der Waals surface area (Å²) in [6.07, 6.45) is 0. The van der Waals surface area contributed by atoms with Gasteiger partial charge in [0.15, 0.2) is 0 Å². The zero-order valence-corrected chi connectivity index (χ0v) is 8.40.